The van der Waals surface area contributed by atoms with Crippen LogP contribution in [-0.2, 0) is 14.3 Å². The zero-order valence-electron chi connectivity index (χ0n) is 16.9. The molecule has 2 aromatic carbocycles. The molecule has 1 fully saturated rings. The van der Waals surface area contributed by atoms with Gasteiger partial charge < -0.3 is 19.1 Å². The summed E-state index contributed by atoms with van der Waals surface area (Å²) < 4.78 is 16.4. The number of benzene rings is 2. The van der Waals surface area contributed by atoms with Gasteiger partial charge in [0.15, 0.2) is 6.61 Å². The number of hydrogen-bond acceptors (Lipinski definition) is 5. The number of carbonyl (C=O) groups is 2. The van der Waals surface area contributed by atoms with Gasteiger partial charge in [0.2, 0.25) is 0 Å². The Hall–Kier alpha value is -2.86. The third kappa shape index (κ3) is 5.81. The van der Waals surface area contributed by atoms with Gasteiger partial charge in [0.05, 0.1) is 11.7 Å². The van der Waals surface area contributed by atoms with Gasteiger partial charge in [-0.15, -0.1) is 0 Å². The lowest BCUT2D eigenvalue weighted by Gasteiger charge is -2.26. The van der Waals surface area contributed by atoms with Crippen LogP contribution in [0.1, 0.15) is 37.0 Å². The van der Waals surface area contributed by atoms with Crippen molar-refractivity contribution in [3.05, 3.63) is 60.2 Å². The lowest BCUT2D eigenvalue weighted by atomic mass is 10.2. The number of ether oxygens (including phenoxy) is 3. The van der Waals surface area contributed by atoms with Crippen LogP contribution in [0.25, 0.3) is 0 Å². The van der Waals surface area contributed by atoms with E-state index < -0.39 is 5.97 Å². The molecular formula is C23H27NO5. The monoisotopic (exact) mass is 397 g/mol. The van der Waals surface area contributed by atoms with Crippen LogP contribution in [0.2, 0.25) is 0 Å². The van der Waals surface area contributed by atoms with Crippen molar-refractivity contribution >= 4 is 17.6 Å². The Morgan fingerprint density at radius 1 is 1.10 bits per heavy atom. The number of carbonyl (C=O) groups excluding carboxylic acids is 2. The minimum Gasteiger partial charge on any atom is -0.491 e. The van der Waals surface area contributed by atoms with Crippen LogP contribution in [0.4, 0.5) is 5.69 Å². The van der Waals surface area contributed by atoms with Crippen molar-refractivity contribution in [2.24, 2.45) is 0 Å². The van der Waals surface area contributed by atoms with Gasteiger partial charge in [0.25, 0.3) is 5.91 Å². The molecule has 1 heterocycles. The third-order valence-electron chi connectivity index (χ3n) is 4.70. The highest BCUT2D eigenvalue weighted by Gasteiger charge is 2.21. The van der Waals surface area contributed by atoms with Gasteiger partial charge in [0, 0.05) is 18.3 Å². The van der Waals surface area contributed by atoms with Crippen LogP contribution in [0.15, 0.2) is 54.6 Å². The van der Waals surface area contributed by atoms with E-state index in [1.807, 2.05) is 44.2 Å². The summed E-state index contributed by atoms with van der Waals surface area (Å²) in [5, 5.41) is 0. The number of para-hydroxylation sites is 1. The summed E-state index contributed by atoms with van der Waals surface area (Å²) in [7, 11) is 0. The number of nitrogens with zero attached hydrogens (tertiary/aromatic N) is 1. The van der Waals surface area contributed by atoms with E-state index in [1.165, 1.54) is 0 Å². The molecule has 154 valence electrons. The largest absolute Gasteiger partial charge is 0.491 e. The molecule has 0 bridgehead atoms. The van der Waals surface area contributed by atoms with Gasteiger partial charge in [-0.1, -0.05) is 18.2 Å². The molecule has 0 aliphatic carbocycles. The number of rotatable bonds is 8. The minimum absolute atomic E-state index is 0.0520. The van der Waals surface area contributed by atoms with Crippen LogP contribution in [0.3, 0.4) is 0 Å². The molecule has 1 saturated heterocycles. The predicted octanol–water partition coefficient (Wildman–Crippen LogP) is 3.84. The molecule has 6 nitrogen and oxygen atoms in total. The highest BCUT2D eigenvalue weighted by atomic mass is 16.5. The van der Waals surface area contributed by atoms with Crippen LogP contribution >= 0.6 is 0 Å². The van der Waals surface area contributed by atoms with Crippen molar-refractivity contribution in [3.8, 4) is 5.75 Å². The molecule has 0 unspecified atom stereocenters. The number of amides is 1. The maximum atomic E-state index is 12.6. The molecule has 3 rings (SSSR count). The maximum absolute atomic E-state index is 12.6. The lowest BCUT2D eigenvalue weighted by Crippen LogP contribution is -2.39. The molecule has 2 aromatic rings. The fourth-order valence-electron chi connectivity index (χ4n) is 3.25. The zero-order chi connectivity index (χ0) is 20.6. The summed E-state index contributed by atoms with van der Waals surface area (Å²) >= 11 is 0. The Morgan fingerprint density at radius 3 is 2.45 bits per heavy atom. The molecule has 1 aliphatic rings. The summed E-state index contributed by atoms with van der Waals surface area (Å²) in [6.07, 6.45) is 2.21. The zero-order valence-corrected chi connectivity index (χ0v) is 16.9. The summed E-state index contributed by atoms with van der Waals surface area (Å²) in [5.41, 5.74) is 1.15. The number of anilines is 1. The van der Waals surface area contributed by atoms with Crippen LogP contribution < -0.4 is 9.64 Å². The Morgan fingerprint density at radius 2 is 1.83 bits per heavy atom. The first-order valence-corrected chi connectivity index (χ1v) is 9.93. The third-order valence-corrected chi connectivity index (χ3v) is 4.70. The van der Waals surface area contributed by atoms with Crippen LogP contribution in [-0.4, -0.2) is 43.8 Å². The van der Waals surface area contributed by atoms with Gasteiger partial charge in [-0.2, -0.15) is 0 Å². The van der Waals surface area contributed by atoms with E-state index in [0.29, 0.717) is 17.9 Å². The average Bonchev–Trinajstić information content (AvgIpc) is 3.25. The standard InChI is InChI=1S/C23H27NO5/c1-17(2)24(19-7-4-3-5-8-19)22(25)16-29-23(26)18-10-12-20(13-11-18)28-15-21-9-6-14-27-21/h3-5,7-8,10-13,17,21H,6,9,14-16H2,1-2H3/t21-/m1/s1. The highest BCUT2D eigenvalue weighted by molar-refractivity contribution is 5.97. The molecule has 6 heteroatoms. The molecule has 0 N–H and O–H groups in total. The van der Waals surface area contributed by atoms with Crippen molar-refractivity contribution in [2.75, 3.05) is 24.7 Å². The molecule has 1 atom stereocenters. The molecule has 1 amide bonds. The first kappa shape index (κ1) is 20.9. The van der Waals surface area contributed by atoms with E-state index in [4.69, 9.17) is 14.2 Å². The van der Waals surface area contributed by atoms with Crippen molar-refractivity contribution in [3.63, 3.8) is 0 Å². The topological polar surface area (TPSA) is 65.1 Å². The maximum Gasteiger partial charge on any atom is 0.338 e. The van der Waals surface area contributed by atoms with E-state index in [-0.39, 0.29) is 24.7 Å². The van der Waals surface area contributed by atoms with Crippen LogP contribution in [0.5, 0.6) is 5.75 Å². The fourth-order valence-corrected chi connectivity index (χ4v) is 3.25. The molecule has 0 radical (unpaired) electrons. The van der Waals surface area contributed by atoms with Gasteiger partial charge >= 0.3 is 5.97 Å². The summed E-state index contributed by atoms with van der Waals surface area (Å²) in [5.74, 6) is -0.139. The van der Waals surface area contributed by atoms with Crippen molar-refractivity contribution < 1.29 is 23.8 Å². The minimum atomic E-state index is -0.541. The normalized spacial score (nSPS) is 15.9. The molecule has 0 aromatic heterocycles. The van der Waals surface area contributed by atoms with Crippen molar-refractivity contribution in [1.29, 1.82) is 0 Å². The summed E-state index contributed by atoms with van der Waals surface area (Å²) in [4.78, 5) is 26.5. The van der Waals surface area contributed by atoms with Gasteiger partial charge in [-0.3, -0.25) is 4.79 Å². The number of esters is 1. The van der Waals surface area contributed by atoms with E-state index in [1.54, 1.807) is 29.2 Å². The second-order valence-electron chi connectivity index (χ2n) is 7.24. The average molecular weight is 397 g/mol. The van der Waals surface area contributed by atoms with Crippen molar-refractivity contribution in [2.45, 2.75) is 38.8 Å². The van der Waals surface area contributed by atoms with Gasteiger partial charge in [0.1, 0.15) is 12.4 Å². The summed E-state index contributed by atoms with van der Waals surface area (Å²) in [6, 6.07) is 16.0. The molecular weight excluding hydrogens is 370 g/mol. The quantitative estimate of drug-likeness (QED) is 0.633. The van der Waals surface area contributed by atoms with E-state index in [0.717, 1.165) is 25.1 Å². The first-order chi connectivity index (χ1) is 14.0. The molecule has 1 aliphatic heterocycles. The second-order valence-corrected chi connectivity index (χ2v) is 7.24. The van der Waals surface area contributed by atoms with E-state index >= 15 is 0 Å². The van der Waals surface area contributed by atoms with Gasteiger partial charge in [-0.25, -0.2) is 4.79 Å². The Labute approximate surface area is 171 Å². The van der Waals surface area contributed by atoms with Crippen molar-refractivity contribution in [1.82, 2.24) is 0 Å². The van der Waals surface area contributed by atoms with E-state index in [9.17, 15) is 9.59 Å². The highest BCUT2D eigenvalue weighted by Crippen LogP contribution is 2.18. The molecule has 0 spiro atoms. The summed E-state index contributed by atoms with van der Waals surface area (Å²) in [6.45, 7) is 4.81. The van der Waals surface area contributed by atoms with E-state index in [2.05, 4.69) is 0 Å². The molecule has 29 heavy (non-hydrogen) atoms. The fraction of sp³-hybridized carbons (Fsp3) is 0.391. The Balaban J connectivity index is 1.52. The smallest absolute Gasteiger partial charge is 0.338 e. The predicted molar refractivity (Wildman–Crippen MR) is 110 cm³/mol. The SMILES string of the molecule is CC(C)N(C(=O)COC(=O)c1ccc(OC[C@H]2CCCO2)cc1)c1ccccc1. The van der Waals surface area contributed by atoms with Crippen LogP contribution in [0, 0.1) is 0 Å². The Bertz CT molecular complexity index is 798. The Kier molecular flexibility index (Phi) is 7.25. The second kappa shape index (κ2) is 10.1. The van der Waals surface area contributed by atoms with Gasteiger partial charge in [-0.05, 0) is 63.1 Å². The first-order valence-electron chi connectivity index (χ1n) is 9.93. The lowest BCUT2D eigenvalue weighted by molar-refractivity contribution is -0.122. The number of hydrogen-bond donors (Lipinski definition) is 0. The molecule has 0 saturated carbocycles.